The second kappa shape index (κ2) is 6.75. The molecule has 1 atom stereocenters. The third kappa shape index (κ3) is 3.54. The zero-order valence-corrected chi connectivity index (χ0v) is 13.6. The van der Waals surface area contributed by atoms with E-state index in [2.05, 4.69) is 22.5 Å². The average molecular weight is 301 g/mol. The molecule has 0 bridgehead atoms. The first-order valence-electron chi connectivity index (χ1n) is 7.48. The van der Waals surface area contributed by atoms with Crippen LogP contribution >= 0.6 is 0 Å². The predicted molar refractivity (Wildman–Crippen MR) is 86.4 cm³/mol. The largest absolute Gasteiger partial charge is 0.393 e. The number of nitrogens with one attached hydrogen (secondary N) is 1. The summed E-state index contributed by atoms with van der Waals surface area (Å²) in [6.07, 6.45) is 1.71. The molecule has 0 spiro atoms. The molecule has 1 aromatic carbocycles. The number of hydrogen-bond acceptors (Lipinski definition) is 3. The minimum Gasteiger partial charge on any atom is -0.393 e. The third-order valence-electron chi connectivity index (χ3n) is 3.69. The van der Waals surface area contributed by atoms with Crippen LogP contribution in [0, 0.1) is 20.8 Å². The molecule has 1 unspecified atom stereocenters. The lowest BCUT2D eigenvalue weighted by Crippen LogP contribution is -2.26. The zero-order valence-electron chi connectivity index (χ0n) is 13.6. The number of rotatable bonds is 5. The van der Waals surface area contributed by atoms with Crippen molar-refractivity contribution in [2.45, 2.75) is 40.2 Å². The Bertz CT molecular complexity index is 675. The van der Waals surface area contributed by atoms with Crippen LogP contribution in [0.3, 0.4) is 0 Å². The van der Waals surface area contributed by atoms with E-state index in [1.54, 1.807) is 17.8 Å². The normalized spacial score (nSPS) is 12.2. The Kier molecular flexibility index (Phi) is 4.98. The van der Waals surface area contributed by atoms with E-state index < -0.39 is 6.10 Å². The number of aliphatic hydroxyl groups excluding tert-OH is 1. The van der Waals surface area contributed by atoms with Gasteiger partial charge in [-0.3, -0.25) is 4.79 Å². The standard InChI is InChI=1S/C17H23N3O2/c1-11-5-6-12(2)16(9-11)20-14(4)15(10-19-20)17(22)18-8-7-13(3)21/h5-6,9-10,13,21H,7-8H2,1-4H3,(H,18,22). The van der Waals surface area contributed by atoms with E-state index in [1.165, 1.54) is 0 Å². The molecule has 0 fully saturated rings. The first-order chi connectivity index (χ1) is 10.4. The molecule has 1 aromatic heterocycles. The molecule has 0 radical (unpaired) electrons. The molecule has 0 aliphatic rings. The Hall–Kier alpha value is -2.14. The van der Waals surface area contributed by atoms with Gasteiger partial charge in [-0.15, -0.1) is 0 Å². The minimum absolute atomic E-state index is 0.158. The van der Waals surface area contributed by atoms with Gasteiger partial charge in [0.1, 0.15) is 0 Å². The number of carbonyl (C=O) groups is 1. The summed E-state index contributed by atoms with van der Waals surface area (Å²) in [6, 6.07) is 6.17. The van der Waals surface area contributed by atoms with Crippen LogP contribution in [0.2, 0.25) is 0 Å². The molecular weight excluding hydrogens is 278 g/mol. The molecule has 0 aliphatic carbocycles. The second-order valence-electron chi connectivity index (χ2n) is 5.74. The van der Waals surface area contributed by atoms with Crippen molar-refractivity contribution >= 4 is 5.91 Å². The Morgan fingerprint density at radius 2 is 2.09 bits per heavy atom. The zero-order chi connectivity index (χ0) is 16.3. The molecule has 1 amide bonds. The van der Waals surface area contributed by atoms with E-state index in [-0.39, 0.29) is 5.91 Å². The topological polar surface area (TPSA) is 67.2 Å². The lowest BCUT2D eigenvalue weighted by molar-refractivity contribution is 0.0945. The van der Waals surface area contributed by atoms with E-state index in [0.29, 0.717) is 18.5 Å². The van der Waals surface area contributed by atoms with Crippen molar-refractivity contribution in [1.29, 1.82) is 0 Å². The van der Waals surface area contributed by atoms with E-state index in [9.17, 15) is 9.90 Å². The molecule has 1 heterocycles. The van der Waals surface area contributed by atoms with Gasteiger partial charge in [0.05, 0.1) is 29.2 Å². The smallest absolute Gasteiger partial charge is 0.254 e. The Morgan fingerprint density at radius 1 is 1.36 bits per heavy atom. The van der Waals surface area contributed by atoms with Gasteiger partial charge < -0.3 is 10.4 Å². The maximum atomic E-state index is 12.2. The van der Waals surface area contributed by atoms with Gasteiger partial charge in [0.2, 0.25) is 0 Å². The molecule has 118 valence electrons. The highest BCUT2D eigenvalue weighted by Gasteiger charge is 2.16. The van der Waals surface area contributed by atoms with Crippen molar-refractivity contribution in [1.82, 2.24) is 15.1 Å². The summed E-state index contributed by atoms with van der Waals surface area (Å²) in [5, 5.41) is 16.4. The van der Waals surface area contributed by atoms with Gasteiger partial charge in [0.15, 0.2) is 0 Å². The van der Waals surface area contributed by atoms with Crippen LogP contribution in [0.25, 0.3) is 5.69 Å². The summed E-state index contributed by atoms with van der Waals surface area (Å²) in [4.78, 5) is 12.2. The molecule has 2 N–H and O–H groups in total. The van der Waals surface area contributed by atoms with Crippen molar-refractivity contribution in [2.24, 2.45) is 0 Å². The van der Waals surface area contributed by atoms with Crippen molar-refractivity contribution in [2.75, 3.05) is 6.54 Å². The maximum Gasteiger partial charge on any atom is 0.254 e. The molecule has 2 aromatic rings. The van der Waals surface area contributed by atoms with Crippen LogP contribution in [0.1, 0.15) is 40.5 Å². The van der Waals surface area contributed by atoms with E-state index in [4.69, 9.17) is 0 Å². The summed E-state index contributed by atoms with van der Waals surface area (Å²) < 4.78 is 1.80. The summed E-state index contributed by atoms with van der Waals surface area (Å²) in [6.45, 7) is 8.10. The van der Waals surface area contributed by atoms with Gasteiger partial charge in [-0.1, -0.05) is 12.1 Å². The van der Waals surface area contributed by atoms with Crippen molar-refractivity contribution in [3.8, 4) is 5.69 Å². The van der Waals surface area contributed by atoms with E-state index in [0.717, 1.165) is 22.5 Å². The fraction of sp³-hybridized carbons (Fsp3) is 0.412. The number of amides is 1. The molecule has 5 nitrogen and oxygen atoms in total. The first-order valence-corrected chi connectivity index (χ1v) is 7.48. The summed E-state index contributed by atoms with van der Waals surface area (Å²) in [5.41, 5.74) is 4.62. The number of carbonyl (C=O) groups excluding carboxylic acids is 1. The number of aromatic nitrogens is 2. The second-order valence-corrected chi connectivity index (χ2v) is 5.74. The highest BCUT2D eigenvalue weighted by atomic mass is 16.3. The SMILES string of the molecule is Cc1ccc(C)c(-n2ncc(C(=O)NCCC(C)O)c2C)c1. The Morgan fingerprint density at radius 3 is 2.77 bits per heavy atom. The quantitative estimate of drug-likeness (QED) is 0.890. The van der Waals surface area contributed by atoms with E-state index in [1.807, 2.05) is 26.8 Å². The van der Waals surface area contributed by atoms with Crippen LogP contribution in [-0.2, 0) is 0 Å². The fourth-order valence-corrected chi connectivity index (χ4v) is 2.31. The number of benzene rings is 1. The summed E-state index contributed by atoms with van der Waals surface area (Å²) in [5.74, 6) is -0.158. The summed E-state index contributed by atoms with van der Waals surface area (Å²) >= 11 is 0. The predicted octanol–water partition coefficient (Wildman–Crippen LogP) is 2.30. The fourth-order valence-electron chi connectivity index (χ4n) is 2.31. The van der Waals surface area contributed by atoms with Crippen LogP contribution in [0.15, 0.2) is 24.4 Å². The lowest BCUT2D eigenvalue weighted by atomic mass is 10.1. The first kappa shape index (κ1) is 16.2. The van der Waals surface area contributed by atoms with Crippen LogP contribution in [0.4, 0.5) is 0 Å². The average Bonchev–Trinajstić information content (AvgIpc) is 2.83. The van der Waals surface area contributed by atoms with Crippen molar-refractivity contribution in [3.05, 3.63) is 46.8 Å². The lowest BCUT2D eigenvalue weighted by Gasteiger charge is -2.10. The molecule has 0 saturated heterocycles. The van der Waals surface area contributed by atoms with Gasteiger partial charge in [0, 0.05) is 6.54 Å². The van der Waals surface area contributed by atoms with Crippen LogP contribution < -0.4 is 5.32 Å². The molecular formula is C17H23N3O2. The minimum atomic E-state index is -0.418. The monoisotopic (exact) mass is 301 g/mol. The van der Waals surface area contributed by atoms with Gasteiger partial charge in [-0.25, -0.2) is 4.68 Å². The third-order valence-corrected chi connectivity index (χ3v) is 3.69. The number of aryl methyl sites for hydroxylation is 2. The Balaban J connectivity index is 2.22. The number of hydrogen-bond donors (Lipinski definition) is 2. The van der Waals surface area contributed by atoms with Gasteiger partial charge in [0.25, 0.3) is 5.91 Å². The van der Waals surface area contributed by atoms with Gasteiger partial charge in [-0.05, 0) is 51.3 Å². The van der Waals surface area contributed by atoms with Crippen molar-refractivity contribution < 1.29 is 9.90 Å². The van der Waals surface area contributed by atoms with E-state index >= 15 is 0 Å². The number of nitrogens with zero attached hydrogens (tertiary/aromatic N) is 2. The molecule has 5 heteroatoms. The number of aliphatic hydroxyl groups is 1. The molecule has 0 aliphatic heterocycles. The van der Waals surface area contributed by atoms with Gasteiger partial charge in [-0.2, -0.15) is 5.10 Å². The highest BCUT2D eigenvalue weighted by Crippen LogP contribution is 2.19. The molecule has 0 saturated carbocycles. The summed E-state index contributed by atoms with van der Waals surface area (Å²) in [7, 11) is 0. The maximum absolute atomic E-state index is 12.2. The van der Waals surface area contributed by atoms with Crippen LogP contribution in [0.5, 0.6) is 0 Å². The van der Waals surface area contributed by atoms with Crippen molar-refractivity contribution in [3.63, 3.8) is 0 Å². The molecule has 2 rings (SSSR count). The molecule has 22 heavy (non-hydrogen) atoms. The Labute approximate surface area is 131 Å². The highest BCUT2D eigenvalue weighted by molar-refractivity contribution is 5.95. The van der Waals surface area contributed by atoms with Gasteiger partial charge >= 0.3 is 0 Å². The van der Waals surface area contributed by atoms with Crippen LogP contribution in [-0.4, -0.2) is 33.4 Å².